The van der Waals surface area contributed by atoms with Gasteiger partial charge < -0.3 is 9.47 Å². The van der Waals surface area contributed by atoms with E-state index in [1.54, 1.807) is 0 Å². The molecule has 2 amide bonds. The third-order valence-electron chi connectivity index (χ3n) is 1.60. The third-order valence-corrected chi connectivity index (χ3v) is 1.60. The zero-order valence-corrected chi connectivity index (χ0v) is 8.81. The minimum atomic E-state index is -0.614. The summed E-state index contributed by atoms with van der Waals surface area (Å²) in [5.74, 6) is 0. The summed E-state index contributed by atoms with van der Waals surface area (Å²) < 4.78 is 8.81. The summed E-state index contributed by atoms with van der Waals surface area (Å²) >= 11 is 0. The highest BCUT2D eigenvalue weighted by atomic mass is 16.5. The van der Waals surface area contributed by atoms with Crippen LogP contribution in [0.5, 0.6) is 0 Å². The van der Waals surface area contributed by atoms with Gasteiger partial charge in [-0.1, -0.05) is 0 Å². The molecular weight excluding hydrogens is 214 g/mol. The quantitative estimate of drug-likeness (QED) is 0.794. The second-order valence-electron chi connectivity index (χ2n) is 2.70. The first-order chi connectivity index (χ1) is 7.65. The predicted molar refractivity (Wildman–Crippen MR) is 56.3 cm³/mol. The maximum absolute atomic E-state index is 10.9. The molecule has 0 aromatic carbocycles. The first kappa shape index (κ1) is 11.8. The number of pyridine rings is 1. The molecule has 0 unspecified atom stereocenters. The van der Waals surface area contributed by atoms with Crippen LogP contribution in [0.4, 0.5) is 21.0 Å². The van der Waals surface area contributed by atoms with E-state index in [2.05, 4.69) is 25.1 Å². The van der Waals surface area contributed by atoms with E-state index in [1.165, 1.54) is 32.7 Å². The molecule has 2 N–H and O–H groups in total. The summed E-state index contributed by atoms with van der Waals surface area (Å²) in [5.41, 5.74) is 0.807. The Kier molecular flexibility index (Phi) is 4.07. The average molecular weight is 225 g/mol. The van der Waals surface area contributed by atoms with Gasteiger partial charge in [0.1, 0.15) is 0 Å². The van der Waals surface area contributed by atoms with E-state index in [9.17, 15) is 9.59 Å². The topological polar surface area (TPSA) is 89.5 Å². The number of nitrogens with zero attached hydrogens (tertiary/aromatic N) is 1. The standard InChI is InChI=1S/C9H11N3O4/c1-15-8(13)11-6-3-7(5-10-4-6)12-9(14)16-2/h3-5H,1-2H3,(H,11,13)(H,12,14). The van der Waals surface area contributed by atoms with E-state index >= 15 is 0 Å². The van der Waals surface area contributed by atoms with Crippen LogP contribution in [-0.4, -0.2) is 31.4 Å². The lowest BCUT2D eigenvalue weighted by Gasteiger charge is -2.06. The van der Waals surface area contributed by atoms with Gasteiger partial charge in [0.2, 0.25) is 0 Å². The predicted octanol–water partition coefficient (Wildman–Crippen LogP) is 1.44. The normalized spacial score (nSPS) is 9.12. The molecule has 0 saturated heterocycles. The molecule has 0 spiro atoms. The van der Waals surface area contributed by atoms with Gasteiger partial charge in [0, 0.05) is 0 Å². The van der Waals surface area contributed by atoms with Crippen LogP contribution in [0.2, 0.25) is 0 Å². The number of hydrogen-bond acceptors (Lipinski definition) is 5. The fourth-order valence-corrected chi connectivity index (χ4v) is 0.914. The second kappa shape index (κ2) is 5.54. The zero-order chi connectivity index (χ0) is 12.0. The number of methoxy groups -OCH3 is 2. The fraction of sp³-hybridized carbons (Fsp3) is 0.222. The van der Waals surface area contributed by atoms with Crippen LogP contribution in [0.1, 0.15) is 0 Å². The Hall–Kier alpha value is -2.31. The van der Waals surface area contributed by atoms with Crippen molar-refractivity contribution in [1.82, 2.24) is 4.98 Å². The van der Waals surface area contributed by atoms with E-state index < -0.39 is 12.2 Å². The van der Waals surface area contributed by atoms with E-state index in [0.717, 1.165) is 0 Å². The molecule has 0 aliphatic rings. The Morgan fingerprint density at radius 2 is 1.50 bits per heavy atom. The van der Waals surface area contributed by atoms with Gasteiger partial charge in [-0.25, -0.2) is 9.59 Å². The van der Waals surface area contributed by atoms with Gasteiger partial charge >= 0.3 is 12.2 Å². The van der Waals surface area contributed by atoms with Crippen LogP contribution in [0.3, 0.4) is 0 Å². The monoisotopic (exact) mass is 225 g/mol. The Labute approximate surface area is 91.8 Å². The Morgan fingerprint density at radius 1 is 1.06 bits per heavy atom. The number of hydrogen-bond donors (Lipinski definition) is 2. The summed E-state index contributed by atoms with van der Waals surface area (Å²) in [4.78, 5) is 25.6. The molecule has 16 heavy (non-hydrogen) atoms. The number of carbonyl (C=O) groups excluding carboxylic acids is 2. The molecular formula is C9H11N3O4. The van der Waals surface area contributed by atoms with Gasteiger partial charge in [0.15, 0.2) is 0 Å². The van der Waals surface area contributed by atoms with Gasteiger partial charge in [0.25, 0.3) is 0 Å². The van der Waals surface area contributed by atoms with Crippen LogP contribution in [0, 0.1) is 0 Å². The van der Waals surface area contributed by atoms with Crippen LogP contribution >= 0.6 is 0 Å². The molecule has 1 aromatic heterocycles. The van der Waals surface area contributed by atoms with Crippen molar-refractivity contribution in [2.24, 2.45) is 0 Å². The SMILES string of the molecule is COC(=O)Nc1cncc(NC(=O)OC)c1. The van der Waals surface area contributed by atoms with E-state index in [1.807, 2.05) is 0 Å². The van der Waals surface area contributed by atoms with Gasteiger partial charge in [-0.15, -0.1) is 0 Å². The molecule has 1 rings (SSSR count). The Balaban J connectivity index is 2.71. The van der Waals surface area contributed by atoms with Gasteiger partial charge in [-0.3, -0.25) is 15.6 Å². The number of carbonyl (C=O) groups is 2. The molecule has 0 bridgehead atoms. The average Bonchev–Trinajstić information content (AvgIpc) is 2.29. The lowest BCUT2D eigenvalue weighted by Crippen LogP contribution is -2.13. The number of amides is 2. The maximum atomic E-state index is 10.9. The van der Waals surface area contributed by atoms with Crippen LogP contribution in [-0.2, 0) is 9.47 Å². The molecule has 7 heteroatoms. The first-order valence-electron chi connectivity index (χ1n) is 4.30. The van der Waals surface area contributed by atoms with Crippen molar-refractivity contribution in [3.8, 4) is 0 Å². The van der Waals surface area contributed by atoms with E-state index in [4.69, 9.17) is 0 Å². The molecule has 0 saturated carbocycles. The summed E-state index contributed by atoms with van der Waals surface area (Å²) in [5, 5.41) is 4.81. The molecule has 7 nitrogen and oxygen atoms in total. The lowest BCUT2D eigenvalue weighted by molar-refractivity contribution is 0.186. The summed E-state index contributed by atoms with van der Waals surface area (Å²) in [6, 6.07) is 1.51. The molecule has 1 heterocycles. The zero-order valence-electron chi connectivity index (χ0n) is 8.81. The molecule has 0 atom stereocenters. The largest absolute Gasteiger partial charge is 0.453 e. The van der Waals surface area contributed by atoms with Crippen molar-refractivity contribution in [3.05, 3.63) is 18.5 Å². The number of rotatable bonds is 2. The smallest absolute Gasteiger partial charge is 0.411 e. The summed E-state index contributed by atoms with van der Waals surface area (Å²) in [6.45, 7) is 0. The van der Waals surface area contributed by atoms with Crippen molar-refractivity contribution in [2.45, 2.75) is 0 Å². The highest BCUT2D eigenvalue weighted by Crippen LogP contribution is 2.13. The number of nitrogens with one attached hydrogen (secondary N) is 2. The van der Waals surface area contributed by atoms with Crippen molar-refractivity contribution in [3.63, 3.8) is 0 Å². The van der Waals surface area contributed by atoms with Gasteiger partial charge in [0.05, 0.1) is 38.0 Å². The molecule has 0 aliphatic carbocycles. The minimum absolute atomic E-state index is 0.403. The molecule has 1 aromatic rings. The summed E-state index contributed by atoms with van der Waals surface area (Å²) in [6.07, 6.45) is 1.60. The number of ether oxygens (including phenoxy) is 2. The van der Waals surface area contributed by atoms with E-state index in [-0.39, 0.29) is 0 Å². The van der Waals surface area contributed by atoms with Crippen LogP contribution in [0.15, 0.2) is 18.5 Å². The van der Waals surface area contributed by atoms with Crippen LogP contribution in [0.25, 0.3) is 0 Å². The Morgan fingerprint density at radius 3 is 1.88 bits per heavy atom. The maximum Gasteiger partial charge on any atom is 0.411 e. The molecule has 0 fully saturated rings. The number of aromatic nitrogens is 1. The number of anilines is 2. The summed E-state index contributed by atoms with van der Waals surface area (Å²) in [7, 11) is 2.50. The van der Waals surface area contributed by atoms with Crippen molar-refractivity contribution in [1.29, 1.82) is 0 Å². The lowest BCUT2D eigenvalue weighted by atomic mass is 10.4. The second-order valence-corrected chi connectivity index (χ2v) is 2.70. The van der Waals surface area contributed by atoms with Crippen LogP contribution < -0.4 is 10.6 Å². The van der Waals surface area contributed by atoms with Crippen molar-refractivity contribution in [2.75, 3.05) is 24.9 Å². The first-order valence-corrected chi connectivity index (χ1v) is 4.30. The molecule has 0 aliphatic heterocycles. The van der Waals surface area contributed by atoms with E-state index in [0.29, 0.717) is 11.4 Å². The van der Waals surface area contributed by atoms with Gasteiger partial charge in [-0.2, -0.15) is 0 Å². The Bertz CT molecular complexity index is 361. The highest BCUT2D eigenvalue weighted by molar-refractivity contribution is 5.88. The van der Waals surface area contributed by atoms with Gasteiger partial charge in [-0.05, 0) is 6.07 Å². The minimum Gasteiger partial charge on any atom is -0.453 e. The van der Waals surface area contributed by atoms with Crippen molar-refractivity contribution < 1.29 is 19.1 Å². The third kappa shape index (κ3) is 3.45. The van der Waals surface area contributed by atoms with Crippen molar-refractivity contribution >= 4 is 23.6 Å². The molecule has 0 radical (unpaired) electrons. The molecule has 86 valence electrons. The fourth-order valence-electron chi connectivity index (χ4n) is 0.914. The highest BCUT2D eigenvalue weighted by Gasteiger charge is 2.04.